The van der Waals surface area contributed by atoms with E-state index in [4.69, 9.17) is 0 Å². The van der Waals surface area contributed by atoms with E-state index in [0.29, 0.717) is 0 Å². The summed E-state index contributed by atoms with van der Waals surface area (Å²) < 4.78 is 1.02. The average Bonchev–Trinajstić information content (AvgIpc) is 2.87. The fourth-order valence-electron chi connectivity index (χ4n) is 0.946. The van der Waals surface area contributed by atoms with E-state index in [9.17, 15) is 4.79 Å². The molecule has 0 atom stereocenters. The fourth-order valence-corrected chi connectivity index (χ4v) is 2.27. The number of tetrazole rings is 1. The van der Waals surface area contributed by atoms with Crippen LogP contribution in [0.2, 0.25) is 0 Å². The maximum absolute atomic E-state index is 11.4. The number of amides is 1. The Morgan fingerprint density at radius 2 is 2.44 bits per heavy atom. The third kappa shape index (κ3) is 2.97. The standard InChI is InChI=1S/C8H6BrN5OS/c9-6-3-1-5(16-6)2-4-7(15)10-8-11-13-14-12-8/h1-4H,(H2,10,11,12,13,14,15). The van der Waals surface area contributed by atoms with Gasteiger partial charge in [0.05, 0.1) is 3.79 Å². The largest absolute Gasteiger partial charge is 0.290 e. The topological polar surface area (TPSA) is 83.6 Å². The quantitative estimate of drug-likeness (QED) is 0.845. The van der Waals surface area contributed by atoms with Crippen LogP contribution in [0, 0.1) is 0 Å². The van der Waals surface area contributed by atoms with E-state index in [1.54, 1.807) is 6.08 Å². The second-order valence-corrected chi connectivity index (χ2v) is 5.21. The minimum absolute atomic E-state index is 0.224. The first-order valence-electron chi connectivity index (χ1n) is 4.22. The molecule has 0 saturated heterocycles. The molecule has 2 N–H and O–H groups in total. The van der Waals surface area contributed by atoms with Crippen LogP contribution in [0.3, 0.4) is 0 Å². The molecule has 0 spiro atoms. The van der Waals surface area contributed by atoms with Crippen LogP contribution >= 0.6 is 27.3 Å². The van der Waals surface area contributed by atoms with Crippen LogP contribution in [0.25, 0.3) is 6.08 Å². The molecule has 0 bridgehead atoms. The van der Waals surface area contributed by atoms with E-state index in [2.05, 4.69) is 41.9 Å². The lowest BCUT2D eigenvalue weighted by Gasteiger charge is -1.92. The average molecular weight is 300 g/mol. The van der Waals surface area contributed by atoms with Gasteiger partial charge in [0.15, 0.2) is 0 Å². The summed E-state index contributed by atoms with van der Waals surface area (Å²) in [5.74, 6) is -0.0647. The number of nitrogens with zero attached hydrogens (tertiary/aromatic N) is 3. The molecule has 2 aromatic rings. The first-order chi connectivity index (χ1) is 7.74. The maximum atomic E-state index is 11.4. The van der Waals surface area contributed by atoms with Gasteiger partial charge in [-0.3, -0.25) is 10.1 Å². The Morgan fingerprint density at radius 3 is 3.06 bits per heavy atom. The van der Waals surface area contributed by atoms with Gasteiger partial charge in [-0.2, -0.15) is 0 Å². The van der Waals surface area contributed by atoms with Crippen molar-refractivity contribution < 1.29 is 4.79 Å². The van der Waals surface area contributed by atoms with Gasteiger partial charge in [-0.25, -0.2) is 5.10 Å². The van der Waals surface area contributed by atoms with Crippen LogP contribution in [0.15, 0.2) is 22.0 Å². The lowest BCUT2D eigenvalue weighted by Crippen LogP contribution is -2.08. The Kier molecular flexibility index (Phi) is 3.42. The lowest BCUT2D eigenvalue weighted by molar-refractivity contribution is -0.111. The third-order valence-electron chi connectivity index (χ3n) is 1.58. The maximum Gasteiger partial charge on any atom is 0.250 e. The monoisotopic (exact) mass is 299 g/mol. The van der Waals surface area contributed by atoms with Crippen LogP contribution < -0.4 is 5.32 Å². The molecule has 2 heterocycles. The number of anilines is 1. The number of hydrogen-bond acceptors (Lipinski definition) is 5. The van der Waals surface area contributed by atoms with Crippen LogP contribution in [-0.2, 0) is 4.79 Å². The van der Waals surface area contributed by atoms with Crippen LogP contribution in [0.1, 0.15) is 4.88 Å². The molecule has 16 heavy (non-hydrogen) atoms. The van der Waals surface area contributed by atoms with Gasteiger partial charge in [-0.05, 0) is 44.6 Å². The highest BCUT2D eigenvalue weighted by molar-refractivity contribution is 9.11. The van der Waals surface area contributed by atoms with Crippen molar-refractivity contribution >= 4 is 45.2 Å². The molecule has 0 aromatic carbocycles. The number of halogens is 1. The number of nitrogens with one attached hydrogen (secondary N) is 2. The van der Waals surface area contributed by atoms with Crippen molar-refractivity contribution in [1.29, 1.82) is 0 Å². The fraction of sp³-hybridized carbons (Fsp3) is 0. The van der Waals surface area contributed by atoms with Crippen molar-refractivity contribution in [2.45, 2.75) is 0 Å². The highest BCUT2D eigenvalue weighted by atomic mass is 79.9. The van der Waals surface area contributed by atoms with Crippen molar-refractivity contribution in [2.75, 3.05) is 5.32 Å². The van der Waals surface area contributed by atoms with Crippen molar-refractivity contribution in [1.82, 2.24) is 20.6 Å². The minimum atomic E-state index is -0.289. The van der Waals surface area contributed by atoms with Crippen molar-refractivity contribution in [3.63, 3.8) is 0 Å². The Morgan fingerprint density at radius 1 is 1.56 bits per heavy atom. The molecule has 2 rings (SSSR count). The number of thiophene rings is 1. The number of rotatable bonds is 3. The summed E-state index contributed by atoms with van der Waals surface area (Å²) >= 11 is 4.88. The Balaban J connectivity index is 1.94. The number of H-pyrrole nitrogens is 1. The van der Waals surface area contributed by atoms with Gasteiger partial charge in [-0.15, -0.1) is 11.3 Å². The second-order valence-electron chi connectivity index (χ2n) is 2.71. The van der Waals surface area contributed by atoms with E-state index in [1.807, 2.05) is 12.1 Å². The van der Waals surface area contributed by atoms with E-state index in [-0.39, 0.29) is 11.9 Å². The molecule has 82 valence electrons. The summed E-state index contributed by atoms with van der Waals surface area (Å²) in [6.45, 7) is 0. The van der Waals surface area contributed by atoms with Crippen molar-refractivity contribution in [2.24, 2.45) is 0 Å². The second kappa shape index (κ2) is 4.99. The van der Waals surface area contributed by atoms with Gasteiger partial charge < -0.3 is 0 Å². The summed E-state index contributed by atoms with van der Waals surface area (Å²) in [6, 6.07) is 3.83. The molecule has 0 unspecified atom stereocenters. The highest BCUT2D eigenvalue weighted by Gasteiger charge is 2.00. The molecule has 6 nitrogen and oxygen atoms in total. The molecule has 0 saturated carbocycles. The minimum Gasteiger partial charge on any atom is -0.290 e. The summed E-state index contributed by atoms with van der Waals surface area (Å²) in [6.07, 6.45) is 3.13. The first kappa shape index (κ1) is 11.0. The van der Waals surface area contributed by atoms with Gasteiger partial charge >= 0.3 is 0 Å². The zero-order valence-electron chi connectivity index (χ0n) is 7.85. The van der Waals surface area contributed by atoms with Crippen LogP contribution in [0.4, 0.5) is 5.95 Å². The number of aromatic nitrogens is 4. The van der Waals surface area contributed by atoms with Crippen molar-refractivity contribution in [3.8, 4) is 0 Å². The number of hydrogen-bond donors (Lipinski definition) is 2. The normalized spacial score (nSPS) is 10.8. The summed E-state index contributed by atoms with van der Waals surface area (Å²) in [5, 5.41) is 15.1. The van der Waals surface area contributed by atoms with Gasteiger partial charge in [-0.1, -0.05) is 5.10 Å². The molecule has 0 aliphatic carbocycles. The number of carbonyl (C=O) groups is 1. The van der Waals surface area contributed by atoms with Gasteiger partial charge in [0, 0.05) is 11.0 Å². The molecule has 0 fully saturated rings. The van der Waals surface area contributed by atoms with Gasteiger partial charge in [0.2, 0.25) is 5.95 Å². The van der Waals surface area contributed by atoms with Gasteiger partial charge in [0.25, 0.3) is 5.91 Å². The highest BCUT2D eigenvalue weighted by Crippen LogP contribution is 2.22. The van der Waals surface area contributed by atoms with Gasteiger partial charge in [0.1, 0.15) is 0 Å². The Labute approximate surface area is 103 Å². The third-order valence-corrected chi connectivity index (χ3v) is 3.17. The molecule has 0 aliphatic rings. The zero-order chi connectivity index (χ0) is 11.4. The Bertz CT molecular complexity index is 506. The molecule has 8 heteroatoms. The summed E-state index contributed by atoms with van der Waals surface area (Å²) in [5.41, 5.74) is 0. The molecule has 1 amide bonds. The lowest BCUT2D eigenvalue weighted by atomic mass is 10.4. The zero-order valence-corrected chi connectivity index (χ0v) is 10.2. The molecule has 0 aliphatic heterocycles. The summed E-state index contributed by atoms with van der Waals surface area (Å²) in [4.78, 5) is 12.4. The predicted molar refractivity (Wildman–Crippen MR) is 63.9 cm³/mol. The number of aromatic amines is 1. The van der Waals surface area contributed by atoms with Crippen LogP contribution in [0.5, 0.6) is 0 Å². The molecule has 0 radical (unpaired) electrons. The predicted octanol–water partition coefficient (Wildman–Crippen LogP) is 1.68. The van der Waals surface area contributed by atoms with E-state index in [1.165, 1.54) is 17.4 Å². The molecular weight excluding hydrogens is 294 g/mol. The van der Waals surface area contributed by atoms with E-state index in [0.717, 1.165) is 8.66 Å². The smallest absolute Gasteiger partial charge is 0.250 e. The Hall–Kier alpha value is -1.54. The van der Waals surface area contributed by atoms with E-state index >= 15 is 0 Å². The SMILES string of the molecule is O=C(C=Cc1ccc(Br)s1)Nc1nnn[nH]1. The molecular formula is C8H6BrN5OS. The number of carbonyl (C=O) groups excluding carboxylic acids is 1. The first-order valence-corrected chi connectivity index (χ1v) is 5.83. The molecule has 2 aromatic heterocycles. The summed E-state index contributed by atoms with van der Waals surface area (Å²) in [7, 11) is 0. The van der Waals surface area contributed by atoms with E-state index < -0.39 is 0 Å². The van der Waals surface area contributed by atoms with Crippen molar-refractivity contribution in [3.05, 3.63) is 26.9 Å². The van der Waals surface area contributed by atoms with Crippen LogP contribution in [-0.4, -0.2) is 26.5 Å².